The number of H-pyrrole nitrogens is 1. The third kappa shape index (κ3) is 4.59. The number of carbonyl (C=O) groups is 2. The molecule has 4 rings (SSSR count). The van der Waals surface area contributed by atoms with E-state index in [9.17, 15) is 19.1 Å². The normalized spacial score (nSPS) is 12.1. The molecule has 0 fully saturated rings. The number of nitrogens with zero attached hydrogens (tertiary/aromatic N) is 1. The molecule has 7 nitrogen and oxygen atoms in total. The average Bonchev–Trinajstić information content (AvgIpc) is 3.25. The summed E-state index contributed by atoms with van der Waals surface area (Å²) in [5, 5.41) is 19.9. The Morgan fingerprint density at radius 3 is 2.45 bits per heavy atom. The van der Waals surface area contributed by atoms with Gasteiger partial charge in [-0.2, -0.15) is 5.10 Å². The maximum atomic E-state index is 13.1. The first kappa shape index (κ1) is 21.8. The summed E-state index contributed by atoms with van der Waals surface area (Å²) in [5.41, 5.74) is 2.54. The number of halogens is 1. The van der Waals surface area contributed by atoms with E-state index in [4.69, 9.17) is 4.74 Å². The number of amides is 1. The van der Waals surface area contributed by atoms with Crippen LogP contribution in [0.4, 0.5) is 4.39 Å². The lowest BCUT2D eigenvalue weighted by atomic mass is 10.0. The molecule has 0 aliphatic rings. The van der Waals surface area contributed by atoms with Crippen LogP contribution < -0.4 is 10.1 Å². The Bertz CT molecular complexity index is 1330. The number of aromatic nitrogens is 2. The van der Waals surface area contributed by atoms with Crippen molar-refractivity contribution in [3.8, 4) is 5.75 Å². The van der Waals surface area contributed by atoms with Gasteiger partial charge < -0.3 is 15.2 Å². The van der Waals surface area contributed by atoms with Crippen LogP contribution in [-0.2, 0) is 4.79 Å². The summed E-state index contributed by atoms with van der Waals surface area (Å²) >= 11 is 0. The maximum Gasteiger partial charge on any atom is 0.330 e. The lowest BCUT2D eigenvalue weighted by molar-refractivity contribution is -0.139. The summed E-state index contributed by atoms with van der Waals surface area (Å²) in [6.45, 7) is 0. The van der Waals surface area contributed by atoms with Crippen molar-refractivity contribution in [2.45, 2.75) is 6.04 Å². The molecule has 3 N–H and O–H groups in total. The predicted octanol–water partition coefficient (Wildman–Crippen LogP) is 4.44. The van der Waals surface area contributed by atoms with Gasteiger partial charge >= 0.3 is 5.97 Å². The Balaban J connectivity index is 1.69. The monoisotopic (exact) mass is 445 g/mol. The molecule has 0 radical (unpaired) electrons. The average molecular weight is 445 g/mol. The van der Waals surface area contributed by atoms with Gasteiger partial charge in [0, 0.05) is 0 Å². The molecule has 1 amide bonds. The molecule has 166 valence electrons. The molecule has 8 heteroatoms. The second-order valence-corrected chi connectivity index (χ2v) is 7.22. The van der Waals surface area contributed by atoms with Gasteiger partial charge in [0.1, 0.15) is 11.6 Å². The van der Waals surface area contributed by atoms with Gasteiger partial charge in [-0.15, -0.1) is 0 Å². The van der Waals surface area contributed by atoms with Crippen LogP contribution >= 0.6 is 0 Å². The number of rotatable bonds is 7. The minimum absolute atomic E-state index is 0.171. The van der Waals surface area contributed by atoms with Crippen LogP contribution in [0, 0.1) is 5.82 Å². The summed E-state index contributed by atoms with van der Waals surface area (Å²) in [5.74, 6) is -1.85. The topological polar surface area (TPSA) is 104 Å². The van der Waals surface area contributed by atoms with E-state index in [-0.39, 0.29) is 17.1 Å². The van der Waals surface area contributed by atoms with E-state index < -0.39 is 17.9 Å². The summed E-state index contributed by atoms with van der Waals surface area (Å²) in [4.78, 5) is 24.9. The van der Waals surface area contributed by atoms with Gasteiger partial charge in [-0.05, 0) is 41.5 Å². The molecule has 0 saturated heterocycles. The van der Waals surface area contributed by atoms with Gasteiger partial charge in [-0.3, -0.25) is 9.89 Å². The Morgan fingerprint density at radius 2 is 1.79 bits per heavy atom. The zero-order valence-electron chi connectivity index (χ0n) is 17.6. The summed E-state index contributed by atoms with van der Waals surface area (Å²) in [6.07, 6.45) is 3.48. The number of methoxy groups -OCH3 is 1. The van der Waals surface area contributed by atoms with Gasteiger partial charge in [0.2, 0.25) is 0 Å². The van der Waals surface area contributed by atoms with E-state index in [0.29, 0.717) is 22.2 Å². The first-order chi connectivity index (χ1) is 16.0. The number of hydrogen-bond acceptors (Lipinski definition) is 4. The number of benzene rings is 3. The van der Waals surface area contributed by atoms with Gasteiger partial charge in [-0.25, -0.2) is 9.18 Å². The van der Waals surface area contributed by atoms with Gasteiger partial charge in [0.25, 0.3) is 5.91 Å². The molecule has 1 unspecified atom stereocenters. The van der Waals surface area contributed by atoms with E-state index in [0.717, 1.165) is 5.56 Å². The minimum Gasteiger partial charge on any atom is -0.495 e. The Morgan fingerprint density at radius 1 is 1.06 bits per heavy atom. The highest BCUT2D eigenvalue weighted by molar-refractivity contribution is 6.06. The molecule has 0 aliphatic heterocycles. The molecule has 0 bridgehead atoms. The van der Waals surface area contributed by atoms with Crippen LogP contribution in [0.2, 0.25) is 0 Å². The molecule has 0 aliphatic carbocycles. The van der Waals surface area contributed by atoms with Crippen molar-refractivity contribution in [3.05, 3.63) is 94.9 Å². The van der Waals surface area contributed by atoms with E-state index in [1.165, 1.54) is 19.2 Å². The summed E-state index contributed by atoms with van der Waals surface area (Å²) in [6, 6.07) is 16.4. The largest absolute Gasteiger partial charge is 0.495 e. The van der Waals surface area contributed by atoms with Crippen LogP contribution in [0.5, 0.6) is 5.75 Å². The number of aliphatic carboxylic acids is 1. The number of fused-ring (bicyclic) bond motifs is 1. The van der Waals surface area contributed by atoms with Crippen molar-refractivity contribution in [2.24, 2.45) is 0 Å². The smallest absolute Gasteiger partial charge is 0.330 e. The Kier molecular flexibility index (Phi) is 6.17. The molecular weight excluding hydrogens is 425 g/mol. The molecular formula is C25H20FN3O4. The fourth-order valence-electron chi connectivity index (χ4n) is 3.51. The lowest BCUT2D eigenvalue weighted by Crippen LogP contribution is -2.34. The number of ether oxygens (including phenoxy) is 1. The highest BCUT2D eigenvalue weighted by Crippen LogP contribution is 2.32. The Hall–Kier alpha value is -4.46. The molecule has 4 aromatic rings. The third-order valence-electron chi connectivity index (χ3n) is 5.12. The van der Waals surface area contributed by atoms with Crippen LogP contribution in [0.25, 0.3) is 23.1 Å². The standard InChI is InChI=1S/C25H20FN3O4/c1-33-23-18(24(30)27-22(25(31)32)16-5-3-2-4-6-16)12-14-20-21(23)19(28-29-20)13-9-15-7-10-17(26)11-8-15/h2-14,22H,1H3,(H,27,30)(H,28,29)(H,31,32). The highest BCUT2D eigenvalue weighted by Gasteiger charge is 2.25. The van der Waals surface area contributed by atoms with Crippen LogP contribution in [0.15, 0.2) is 66.7 Å². The summed E-state index contributed by atoms with van der Waals surface area (Å²) in [7, 11) is 1.43. The van der Waals surface area contributed by atoms with Crippen molar-refractivity contribution in [1.82, 2.24) is 15.5 Å². The third-order valence-corrected chi connectivity index (χ3v) is 5.12. The fraction of sp³-hybridized carbons (Fsp3) is 0.0800. The number of aromatic amines is 1. The molecule has 1 aromatic heterocycles. The van der Waals surface area contributed by atoms with Crippen molar-refractivity contribution in [1.29, 1.82) is 0 Å². The zero-order valence-corrected chi connectivity index (χ0v) is 17.6. The Labute approximate surface area is 188 Å². The first-order valence-electron chi connectivity index (χ1n) is 10.0. The second-order valence-electron chi connectivity index (χ2n) is 7.22. The zero-order chi connectivity index (χ0) is 23.4. The number of carbonyl (C=O) groups excluding carboxylic acids is 1. The second kappa shape index (κ2) is 9.35. The van der Waals surface area contributed by atoms with Crippen LogP contribution in [-0.4, -0.2) is 34.3 Å². The number of carboxylic acid groups (broad SMARTS) is 1. The van der Waals surface area contributed by atoms with Crippen molar-refractivity contribution < 1.29 is 23.8 Å². The summed E-state index contributed by atoms with van der Waals surface area (Å²) < 4.78 is 18.7. The van der Waals surface area contributed by atoms with Crippen LogP contribution in [0.3, 0.4) is 0 Å². The van der Waals surface area contributed by atoms with Crippen molar-refractivity contribution >= 4 is 34.9 Å². The van der Waals surface area contributed by atoms with Gasteiger partial charge in [-0.1, -0.05) is 48.5 Å². The van der Waals surface area contributed by atoms with Crippen molar-refractivity contribution in [3.63, 3.8) is 0 Å². The molecule has 1 atom stereocenters. The predicted molar refractivity (Wildman–Crippen MR) is 122 cm³/mol. The SMILES string of the molecule is COc1c(C(=O)NC(C(=O)O)c2ccccc2)ccc2[nH]nc(C=Cc3ccc(F)cc3)c12. The van der Waals surface area contributed by atoms with E-state index >= 15 is 0 Å². The fourth-order valence-corrected chi connectivity index (χ4v) is 3.51. The molecule has 33 heavy (non-hydrogen) atoms. The van der Waals surface area contributed by atoms with E-state index in [1.54, 1.807) is 66.7 Å². The maximum absolute atomic E-state index is 13.1. The first-order valence-corrected chi connectivity index (χ1v) is 10.0. The number of nitrogens with one attached hydrogen (secondary N) is 2. The molecule has 1 heterocycles. The molecule has 0 saturated carbocycles. The van der Waals surface area contributed by atoms with Crippen LogP contribution in [0.1, 0.15) is 33.2 Å². The number of carboxylic acids is 1. The highest BCUT2D eigenvalue weighted by atomic mass is 19.1. The minimum atomic E-state index is -1.22. The van der Waals surface area contributed by atoms with Crippen molar-refractivity contribution in [2.75, 3.05) is 7.11 Å². The van der Waals surface area contributed by atoms with E-state index in [1.807, 2.05) is 0 Å². The molecule has 0 spiro atoms. The lowest BCUT2D eigenvalue weighted by Gasteiger charge is -2.16. The quantitative estimate of drug-likeness (QED) is 0.390. The van der Waals surface area contributed by atoms with Gasteiger partial charge in [0.15, 0.2) is 6.04 Å². The molecule has 3 aromatic carbocycles. The van der Waals surface area contributed by atoms with E-state index in [2.05, 4.69) is 15.5 Å². The number of hydrogen-bond donors (Lipinski definition) is 3. The van der Waals surface area contributed by atoms with Gasteiger partial charge in [0.05, 0.1) is 29.3 Å².